The van der Waals surface area contributed by atoms with Crippen molar-refractivity contribution in [2.24, 2.45) is 0 Å². The number of amides is 1. The minimum absolute atomic E-state index is 0.175. The lowest BCUT2D eigenvalue weighted by atomic mass is 10.2. The number of benzene rings is 1. The number of pyridine rings is 1. The van der Waals surface area contributed by atoms with Crippen LogP contribution in [0.3, 0.4) is 0 Å². The van der Waals surface area contributed by atoms with Crippen LogP contribution in [-0.2, 0) is 11.3 Å². The Labute approximate surface area is 118 Å². The van der Waals surface area contributed by atoms with Gasteiger partial charge in [-0.1, -0.05) is 30.3 Å². The van der Waals surface area contributed by atoms with Crippen molar-refractivity contribution in [1.82, 2.24) is 9.88 Å². The summed E-state index contributed by atoms with van der Waals surface area (Å²) in [5.41, 5.74) is 2.18. The normalized spacial score (nSPS) is 18.3. The van der Waals surface area contributed by atoms with Crippen molar-refractivity contribution < 1.29 is 4.79 Å². The molecule has 3 rings (SSSR count). The molecule has 1 aromatic heterocycles. The van der Waals surface area contributed by atoms with Gasteiger partial charge in [-0.3, -0.25) is 9.78 Å². The first-order chi connectivity index (χ1) is 9.81. The van der Waals surface area contributed by atoms with Gasteiger partial charge in [0.2, 0.25) is 5.91 Å². The molecule has 1 unspecified atom stereocenters. The molecule has 4 heteroatoms. The number of hydrogen-bond donors (Lipinski definition) is 1. The molecule has 1 fully saturated rings. The largest absolute Gasteiger partial charge is 0.380 e. The molecule has 1 aliphatic rings. The monoisotopic (exact) mass is 267 g/mol. The molecule has 0 spiro atoms. The van der Waals surface area contributed by atoms with E-state index in [1.165, 1.54) is 5.56 Å². The molecule has 20 heavy (non-hydrogen) atoms. The summed E-state index contributed by atoms with van der Waals surface area (Å²) in [6, 6.07) is 14.1. The smallest absolute Gasteiger partial charge is 0.225 e. The molecule has 0 aliphatic carbocycles. The molecule has 1 saturated heterocycles. The second-order valence-electron chi connectivity index (χ2n) is 5.04. The minimum Gasteiger partial charge on any atom is -0.380 e. The van der Waals surface area contributed by atoms with Crippen molar-refractivity contribution in [3.63, 3.8) is 0 Å². The molecule has 102 valence electrons. The van der Waals surface area contributed by atoms with Gasteiger partial charge in [0.15, 0.2) is 0 Å². The molecule has 1 N–H and O–H groups in total. The SMILES string of the molecule is O=C1CC(Nc2ccncc2)CN1Cc1ccccc1. The van der Waals surface area contributed by atoms with Crippen LogP contribution in [0.4, 0.5) is 5.69 Å². The Bertz CT molecular complexity index is 571. The Morgan fingerprint density at radius 3 is 2.65 bits per heavy atom. The van der Waals surface area contributed by atoms with E-state index in [0.29, 0.717) is 13.0 Å². The maximum atomic E-state index is 12.1. The van der Waals surface area contributed by atoms with Gasteiger partial charge in [0.25, 0.3) is 0 Å². The minimum atomic E-state index is 0.175. The zero-order valence-electron chi connectivity index (χ0n) is 11.2. The van der Waals surface area contributed by atoms with E-state index in [-0.39, 0.29) is 11.9 Å². The number of likely N-dealkylation sites (tertiary alicyclic amines) is 1. The lowest BCUT2D eigenvalue weighted by Gasteiger charge is -2.17. The van der Waals surface area contributed by atoms with Gasteiger partial charge in [0.1, 0.15) is 0 Å². The van der Waals surface area contributed by atoms with Gasteiger partial charge in [-0.2, -0.15) is 0 Å². The van der Waals surface area contributed by atoms with Crippen LogP contribution in [0.15, 0.2) is 54.9 Å². The van der Waals surface area contributed by atoms with Gasteiger partial charge in [0, 0.05) is 37.6 Å². The molecule has 0 saturated carbocycles. The Balaban J connectivity index is 1.61. The predicted molar refractivity (Wildman–Crippen MR) is 78.1 cm³/mol. The second-order valence-corrected chi connectivity index (χ2v) is 5.04. The second kappa shape index (κ2) is 5.74. The third-order valence-corrected chi connectivity index (χ3v) is 3.48. The number of nitrogens with one attached hydrogen (secondary N) is 1. The molecule has 0 radical (unpaired) electrons. The van der Waals surface area contributed by atoms with E-state index in [4.69, 9.17) is 0 Å². The summed E-state index contributed by atoms with van der Waals surface area (Å²) in [7, 11) is 0. The fourth-order valence-electron chi connectivity index (χ4n) is 2.51. The van der Waals surface area contributed by atoms with Gasteiger partial charge in [-0.05, 0) is 17.7 Å². The summed E-state index contributed by atoms with van der Waals surface area (Å²) in [5.74, 6) is 0.209. The molecule has 4 nitrogen and oxygen atoms in total. The van der Waals surface area contributed by atoms with E-state index in [1.54, 1.807) is 12.4 Å². The molecule has 0 bridgehead atoms. The Kier molecular flexibility index (Phi) is 3.63. The maximum Gasteiger partial charge on any atom is 0.225 e. The summed E-state index contributed by atoms with van der Waals surface area (Å²) in [6.07, 6.45) is 4.05. The van der Waals surface area contributed by atoms with Gasteiger partial charge in [-0.25, -0.2) is 0 Å². The van der Waals surface area contributed by atoms with Crippen LogP contribution in [0.1, 0.15) is 12.0 Å². The van der Waals surface area contributed by atoms with Crippen LogP contribution in [0, 0.1) is 0 Å². The molecule has 1 atom stereocenters. The number of nitrogens with zero attached hydrogens (tertiary/aromatic N) is 2. The number of anilines is 1. The zero-order chi connectivity index (χ0) is 13.8. The highest BCUT2D eigenvalue weighted by Gasteiger charge is 2.29. The fourth-order valence-corrected chi connectivity index (χ4v) is 2.51. The zero-order valence-corrected chi connectivity index (χ0v) is 11.2. The van der Waals surface area contributed by atoms with E-state index < -0.39 is 0 Å². The Hall–Kier alpha value is -2.36. The van der Waals surface area contributed by atoms with E-state index >= 15 is 0 Å². The van der Waals surface area contributed by atoms with Crippen molar-refractivity contribution >= 4 is 11.6 Å². The molecular formula is C16H17N3O. The Morgan fingerprint density at radius 1 is 1.15 bits per heavy atom. The number of carbonyl (C=O) groups is 1. The number of carbonyl (C=O) groups excluding carboxylic acids is 1. The highest BCUT2D eigenvalue weighted by Crippen LogP contribution is 2.18. The topological polar surface area (TPSA) is 45.2 Å². The number of aromatic nitrogens is 1. The van der Waals surface area contributed by atoms with Crippen molar-refractivity contribution in [3.8, 4) is 0 Å². The number of hydrogen-bond acceptors (Lipinski definition) is 3. The van der Waals surface area contributed by atoms with Crippen LogP contribution in [-0.4, -0.2) is 28.4 Å². The van der Waals surface area contributed by atoms with Crippen LogP contribution in [0.2, 0.25) is 0 Å². The molecule has 2 aromatic rings. The summed E-state index contributed by atoms with van der Waals surface area (Å²) >= 11 is 0. The van der Waals surface area contributed by atoms with Crippen molar-refractivity contribution in [2.45, 2.75) is 19.0 Å². The maximum absolute atomic E-state index is 12.1. The van der Waals surface area contributed by atoms with E-state index in [1.807, 2.05) is 35.2 Å². The first-order valence-electron chi connectivity index (χ1n) is 6.79. The highest BCUT2D eigenvalue weighted by molar-refractivity contribution is 5.80. The van der Waals surface area contributed by atoms with E-state index in [0.717, 1.165) is 12.2 Å². The summed E-state index contributed by atoms with van der Waals surface area (Å²) < 4.78 is 0. The third kappa shape index (κ3) is 2.96. The van der Waals surface area contributed by atoms with Gasteiger partial charge < -0.3 is 10.2 Å². The molecule has 2 heterocycles. The molecule has 1 amide bonds. The van der Waals surface area contributed by atoms with Crippen LogP contribution < -0.4 is 5.32 Å². The standard InChI is InChI=1S/C16H17N3O/c20-16-10-15(18-14-6-8-17-9-7-14)12-19(16)11-13-4-2-1-3-5-13/h1-9,15H,10-12H2,(H,17,18). The van der Waals surface area contributed by atoms with Crippen molar-refractivity contribution in [1.29, 1.82) is 0 Å². The molecule has 1 aliphatic heterocycles. The quantitative estimate of drug-likeness (QED) is 0.924. The average Bonchev–Trinajstić information content (AvgIpc) is 2.81. The fraction of sp³-hybridized carbons (Fsp3) is 0.250. The van der Waals surface area contributed by atoms with Crippen LogP contribution in [0.5, 0.6) is 0 Å². The van der Waals surface area contributed by atoms with E-state index in [2.05, 4.69) is 22.4 Å². The molecule has 1 aromatic carbocycles. The lowest BCUT2D eigenvalue weighted by Crippen LogP contribution is -2.27. The Morgan fingerprint density at radius 2 is 1.90 bits per heavy atom. The summed E-state index contributed by atoms with van der Waals surface area (Å²) in [5, 5.41) is 3.38. The van der Waals surface area contributed by atoms with Crippen molar-refractivity contribution in [2.75, 3.05) is 11.9 Å². The van der Waals surface area contributed by atoms with Gasteiger partial charge >= 0.3 is 0 Å². The van der Waals surface area contributed by atoms with Crippen LogP contribution >= 0.6 is 0 Å². The molecular weight excluding hydrogens is 250 g/mol. The highest BCUT2D eigenvalue weighted by atomic mass is 16.2. The first kappa shape index (κ1) is 12.7. The first-order valence-corrected chi connectivity index (χ1v) is 6.79. The average molecular weight is 267 g/mol. The summed E-state index contributed by atoms with van der Waals surface area (Å²) in [6.45, 7) is 1.43. The van der Waals surface area contributed by atoms with Gasteiger partial charge in [0.05, 0.1) is 6.04 Å². The third-order valence-electron chi connectivity index (χ3n) is 3.48. The van der Waals surface area contributed by atoms with E-state index in [9.17, 15) is 4.79 Å². The summed E-state index contributed by atoms with van der Waals surface area (Å²) in [4.78, 5) is 18.0. The van der Waals surface area contributed by atoms with Gasteiger partial charge in [-0.15, -0.1) is 0 Å². The predicted octanol–water partition coefficient (Wildman–Crippen LogP) is 2.29. The lowest BCUT2D eigenvalue weighted by molar-refractivity contribution is -0.128. The van der Waals surface area contributed by atoms with Crippen LogP contribution in [0.25, 0.3) is 0 Å². The number of rotatable bonds is 4. The van der Waals surface area contributed by atoms with Crippen molar-refractivity contribution in [3.05, 3.63) is 60.4 Å².